The Labute approximate surface area is 549 Å². The average Bonchev–Trinajstić information content (AvgIpc) is 3.32. The first-order valence-corrected chi connectivity index (χ1v) is 22.8. The van der Waals surface area contributed by atoms with Crippen LogP contribution in [0.5, 0.6) is 0 Å². The summed E-state index contributed by atoms with van der Waals surface area (Å²) in [7, 11) is 0. The summed E-state index contributed by atoms with van der Waals surface area (Å²) in [5.74, 6) is 0. The van der Waals surface area contributed by atoms with E-state index in [1.165, 1.54) is 227 Å². The summed E-state index contributed by atoms with van der Waals surface area (Å²) >= 11 is 0. The lowest BCUT2D eigenvalue weighted by Gasteiger charge is -2.33. The van der Waals surface area contributed by atoms with Crippen molar-refractivity contribution in [2.75, 3.05) is 0 Å². The van der Waals surface area contributed by atoms with E-state index in [-0.39, 0.29) is 197 Å². The molecule has 0 aromatic heterocycles. The Morgan fingerprint density at radius 1 is 0.158 bits per heavy atom. The predicted octanol–water partition coefficient (Wildman–Crippen LogP) is 23.2. The maximum Gasteiger partial charge on any atom is -0.00000150 e. The second-order valence-corrected chi connectivity index (χ2v) is 20.3. The molecule has 1 aliphatic carbocycles. The number of hydrogen-bond donors (Lipinski definition) is 32. The van der Waals surface area contributed by atoms with Crippen molar-refractivity contribution in [1.82, 2.24) is 197 Å². The first-order valence-electron chi connectivity index (χ1n) is 22.8. The van der Waals surface area contributed by atoms with Crippen LogP contribution in [0.15, 0.2) is 115 Å². The van der Waals surface area contributed by atoms with E-state index in [1.807, 2.05) is 0 Å². The molecule has 0 saturated carbocycles. The summed E-state index contributed by atoms with van der Waals surface area (Å²) in [5, 5.41) is 58.2. The van der Waals surface area contributed by atoms with Gasteiger partial charge in [0, 0.05) is 0 Å². The van der Waals surface area contributed by atoms with Crippen molar-refractivity contribution in [2.45, 2.75) is 6.42 Å². The third-order valence-electron chi connectivity index (χ3n) is 18.2. The topological polar surface area (TPSA) is 1120 Å². The molecule has 32 heteroatoms. The molecule has 32 nitrogen and oxygen atoms in total. The molecular weight excluding hydrogens is 1200 g/mol. The van der Waals surface area contributed by atoms with Crippen molar-refractivity contribution >= 4 is 222 Å². The molecule has 0 atom stereocenters. The van der Waals surface area contributed by atoms with E-state index >= 15 is 0 Å². The highest BCUT2D eigenvalue weighted by Gasteiger charge is 2.37. The van der Waals surface area contributed by atoms with Crippen molar-refractivity contribution in [3.63, 3.8) is 0 Å². The van der Waals surface area contributed by atoms with Gasteiger partial charge in [0.1, 0.15) is 0 Å². The molecule has 0 radical (unpaired) electrons. The largest absolute Gasteiger partial charge is 0.344 e. The molecule has 0 aliphatic heterocycles. The van der Waals surface area contributed by atoms with Crippen LogP contribution in [-0.2, 0) is 6.42 Å². The summed E-state index contributed by atoms with van der Waals surface area (Å²) in [5.41, 5.74) is 2.89. The Kier molecular flexibility index (Phi) is 36.3. The van der Waals surface area contributed by atoms with E-state index in [0.717, 1.165) is 6.42 Å². The minimum Gasteiger partial charge on any atom is -0.344 e. The van der Waals surface area contributed by atoms with Gasteiger partial charge in [-0.2, -0.15) is 0 Å². The van der Waals surface area contributed by atoms with Crippen LogP contribution in [0.25, 0.3) is 222 Å². The highest BCUT2D eigenvalue weighted by molar-refractivity contribution is 6.67. The van der Waals surface area contributed by atoms with Crippen LogP contribution >= 0.6 is 0 Å². The molecule has 1 aliphatic rings. The quantitative estimate of drug-likeness (QED) is 0.0495. The van der Waals surface area contributed by atoms with Gasteiger partial charge < -0.3 is 197 Å². The number of hydrogen-bond acceptors (Lipinski definition) is 32. The van der Waals surface area contributed by atoms with Gasteiger partial charge in [-0.1, -0.05) is 78.9 Å². The molecule has 0 heterocycles. The van der Waals surface area contributed by atoms with Crippen LogP contribution < -0.4 is 197 Å². The number of fused-ring (bicyclic) bond motifs is 2. The van der Waals surface area contributed by atoms with Gasteiger partial charge in [-0.15, -0.1) is 0 Å². The summed E-state index contributed by atoms with van der Waals surface area (Å²) in [6.45, 7) is 0. The zero-order valence-corrected chi connectivity index (χ0v) is 55.9. The van der Waals surface area contributed by atoms with Gasteiger partial charge in [0.15, 0.2) is 0 Å². The van der Waals surface area contributed by atoms with Crippen LogP contribution in [0, 0.1) is 0 Å². The van der Waals surface area contributed by atoms with Gasteiger partial charge >= 0.3 is 0 Å². The fourth-order valence-corrected chi connectivity index (χ4v) is 16.6. The van der Waals surface area contributed by atoms with Crippen molar-refractivity contribution in [2.24, 2.45) is 0 Å². The first-order chi connectivity index (χ1) is 31.3. The van der Waals surface area contributed by atoms with Gasteiger partial charge in [-0.25, -0.2) is 0 Å². The van der Waals surface area contributed by atoms with Gasteiger partial charge in [-0.3, -0.25) is 0 Å². The lowest BCUT2D eigenvalue weighted by Crippen LogP contribution is -2.05. The van der Waals surface area contributed by atoms with Crippen LogP contribution in [0.4, 0.5) is 0 Å². The van der Waals surface area contributed by atoms with Crippen molar-refractivity contribution in [3.05, 3.63) is 126 Å². The van der Waals surface area contributed by atoms with Gasteiger partial charge in [0.25, 0.3) is 0 Å². The SMILES string of the molecule is C1=Cc2cc3cc4cc5cc6cccc7c8ccc9ccc%10cc%11cc%12cc%13ccc%14ccc%15c(c2c2c3c3c4c4c5c(c67)c5c8c9c%10c6c%11c7c%12c8c%13c%14c%15c2c8c3c7c4c65)C1.N.N.N.N.N.N.N.N.N.N.N.N.N.N.N.N.N.N.N.N.N.N.N.N.N.N.N.N.N.N.N.N. The normalized spacial score (nSPS) is 10.1. The van der Waals surface area contributed by atoms with Crippen molar-refractivity contribution in [3.8, 4) is 0 Å². The third-order valence-corrected chi connectivity index (χ3v) is 18.2. The Balaban J connectivity index is -0.000000245. The number of allylic oxidation sites excluding steroid dienone is 1. The lowest BCUT2D eigenvalue weighted by molar-refractivity contribution is 1.33. The molecule has 530 valence electrons. The summed E-state index contributed by atoms with van der Waals surface area (Å²) in [6, 6.07) is 44.6. The van der Waals surface area contributed by atoms with E-state index in [9.17, 15) is 0 Å². The Morgan fingerprint density at radius 2 is 0.389 bits per heavy atom. The molecule has 0 spiro atoms. The predicted molar refractivity (Wildman–Crippen MR) is 435 cm³/mol. The van der Waals surface area contributed by atoms with Crippen molar-refractivity contribution < 1.29 is 0 Å². The fraction of sp³-hybridized carbons (Fsp3) is 0.0159. The lowest BCUT2D eigenvalue weighted by atomic mass is 9.68. The third kappa shape index (κ3) is 9.21. The minimum absolute atomic E-state index is 0. The Bertz CT molecular complexity index is 5810. The molecule has 0 bridgehead atoms. The summed E-state index contributed by atoms with van der Waals surface area (Å²) in [6.07, 6.45) is 5.83. The molecule has 0 fully saturated rings. The zero-order chi connectivity index (χ0) is 39.1. The number of benzene rings is 21. The number of rotatable bonds is 0. The van der Waals surface area contributed by atoms with Crippen molar-refractivity contribution in [1.29, 1.82) is 0 Å². The highest BCUT2D eigenvalue weighted by Crippen LogP contribution is 2.66. The van der Waals surface area contributed by atoms with E-state index < -0.39 is 0 Å². The van der Waals surface area contributed by atoms with E-state index in [4.69, 9.17) is 0 Å². The van der Waals surface area contributed by atoms with E-state index in [2.05, 4.69) is 121 Å². The van der Waals surface area contributed by atoms with E-state index in [0.29, 0.717) is 0 Å². The van der Waals surface area contributed by atoms with E-state index in [1.54, 1.807) is 0 Å². The zero-order valence-electron chi connectivity index (χ0n) is 55.9. The fourth-order valence-electron chi connectivity index (χ4n) is 16.6. The molecule has 96 N–H and O–H groups in total. The molecule has 21 aromatic carbocycles. The van der Waals surface area contributed by atoms with Crippen LogP contribution in [0.1, 0.15) is 11.1 Å². The highest BCUT2D eigenvalue weighted by atomic mass is 14.4. The average molecular weight is 1320 g/mol. The van der Waals surface area contributed by atoms with Gasteiger partial charge in [0.05, 0.1) is 0 Å². The Hall–Kier alpha value is -9.34. The van der Waals surface area contributed by atoms with Crippen LogP contribution in [0.3, 0.4) is 0 Å². The molecule has 22 rings (SSSR count). The molecular formula is C63H118N32. The van der Waals surface area contributed by atoms with Crippen LogP contribution in [-0.4, -0.2) is 0 Å². The maximum absolute atomic E-state index is 2.60. The molecule has 21 aromatic rings. The molecule has 0 amide bonds. The minimum atomic E-state index is 0. The standard InChI is InChI=1S/C63H22.32H3N/c1-3-24-15-28-20-32-21-29-16-25-4-2-6-34-36-14-12-23-8-10-27-18-31-19-30-17-26-9-7-22-11-13-35-33(5-1)37(24)50-43(28)54-47(32)55-44(29)51(38(25)34)58-49(36)40(23)42(27)53-46(31)56-45(30)52-41(26)39(22)48(35)57(50)59(52)61(54)63(56)62(55)60(53)58;;;;;;;;;;;;;;;;;;;;;;;;;;;;;;;;/h1-5,7-21H,6H2;32*1H3. The summed E-state index contributed by atoms with van der Waals surface area (Å²) < 4.78 is 0. The van der Waals surface area contributed by atoms with Gasteiger partial charge in [-0.05, 0) is 275 Å². The molecule has 0 unspecified atom stereocenters. The smallest absolute Gasteiger partial charge is 0.00000150 e. The van der Waals surface area contributed by atoms with Crippen LogP contribution in [0.2, 0.25) is 0 Å². The Morgan fingerprint density at radius 3 is 0.768 bits per heavy atom. The van der Waals surface area contributed by atoms with Gasteiger partial charge in [0.2, 0.25) is 0 Å². The first kappa shape index (κ1) is 110. The molecule has 0 saturated heterocycles. The second kappa shape index (κ2) is 31.3. The maximum atomic E-state index is 2.60. The second-order valence-electron chi connectivity index (χ2n) is 20.3. The monoisotopic (exact) mass is 1320 g/mol. The summed E-state index contributed by atoms with van der Waals surface area (Å²) in [4.78, 5) is 0. The molecule has 95 heavy (non-hydrogen) atoms.